The summed E-state index contributed by atoms with van der Waals surface area (Å²) in [7, 11) is 0. The van der Waals surface area contributed by atoms with Gasteiger partial charge in [-0.2, -0.15) is 0 Å². The second-order valence-corrected chi connectivity index (χ2v) is 3.28. The van der Waals surface area contributed by atoms with Crippen LogP contribution in [-0.4, -0.2) is 8.76 Å². The van der Waals surface area contributed by atoms with Crippen molar-refractivity contribution in [1.29, 1.82) is 0 Å². The van der Waals surface area contributed by atoms with Crippen molar-refractivity contribution in [3.63, 3.8) is 0 Å². The molecule has 12 heavy (non-hydrogen) atoms. The minimum Gasteiger partial charge on any atom is -0.740 e. The topological polar surface area (TPSA) is 49.4 Å². The van der Waals surface area contributed by atoms with E-state index in [0.29, 0.717) is 5.02 Å². The average Bonchev–Trinajstić information content (AvgIpc) is 1.94. The molecule has 1 rings (SSSR count). The van der Waals surface area contributed by atoms with Crippen molar-refractivity contribution >= 4 is 34.6 Å². The van der Waals surface area contributed by atoms with Crippen molar-refractivity contribution < 1.29 is 12.9 Å². The van der Waals surface area contributed by atoms with E-state index in [0.717, 1.165) is 0 Å². The lowest BCUT2D eigenvalue weighted by Gasteiger charge is -2.08. The minimum absolute atomic E-state index is 0.0643. The average molecular weight is 226 g/mol. The van der Waals surface area contributed by atoms with Gasteiger partial charge in [0.1, 0.15) is 11.4 Å². The van der Waals surface area contributed by atoms with Crippen molar-refractivity contribution in [3.8, 4) is 5.75 Å². The molecule has 1 atom stereocenters. The molecule has 1 unspecified atom stereocenters. The largest absolute Gasteiger partial charge is 0.740 e. The van der Waals surface area contributed by atoms with E-state index in [9.17, 15) is 8.76 Å². The maximum Gasteiger partial charge on any atom is 0.157 e. The number of benzene rings is 1. The monoisotopic (exact) mass is 225 g/mol. The zero-order valence-corrected chi connectivity index (χ0v) is 7.95. The summed E-state index contributed by atoms with van der Waals surface area (Å²) in [6.45, 7) is 0. The highest BCUT2D eigenvalue weighted by Crippen LogP contribution is 2.27. The molecule has 66 valence electrons. The number of halogens is 2. The molecular weight excluding hydrogens is 223 g/mol. The fraction of sp³-hybridized carbons (Fsp3) is 0. The van der Waals surface area contributed by atoms with Crippen LogP contribution >= 0.6 is 23.2 Å². The van der Waals surface area contributed by atoms with Crippen LogP contribution in [-0.2, 0) is 11.4 Å². The summed E-state index contributed by atoms with van der Waals surface area (Å²) in [6, 6.07) is 4.25. The zero-order chi connectivity index (χ0) is 9.14. The van der Waals surface area contributed by atoms with Crippen molar-refractivity contribution in [2.75, 3.05) is 0 Å². The van der Waals surface area contributed by atoms with Gasteiger partial charge in [-0.15, -0.1) is 0 Å². The van der Waals surface area contributed by atoms with Gasteiger partial charge in [0.25, 0.3) is 0 Å². The van der Waals surface area contributed by atoms with Crippen LogP contribution in [0.3, 0.4) is 0 Å². The first kappa shape index (κ1) is 9.80. The molecule has 0 heterocycles. The Morgan fingerprint density at radius 2 is 2.08 bits per heavy atom. The van der Waals surface area contributed by atoms with E-state index in [1.54, 1.807) is 0 Å². The normalized spacial score (nSPS) is 12.6. The van der Waals surface area contributed by atoms with Gasteiger partial charge in [-0.3, -0.25) is 0 Å². The van der Waals surface area contributed by atoms with E-state index < -0.39 is 11.4 Å². The fourth-order valence-corrected chi connectivity index (χ4v) is 1.40. The lowest BCUT2D eigenvalue weighted by Crippen LogP contribution is -1.97. The van der Waals surface area contributed by atoms with Crippen LogP contribution in [0.25, 0.3) is 0 Å². The van der Waals surface area contributed by atoms with Crippen LogP contribution in [0.15, 0.2) is 18.2 Å². The van der Waals surface area contributed by atoms with Gasteiger partial charge in [0.15, 0.2) is 5.75 Å². The molecule has 0 saturated heterocycles. The Kier molecular flexibility index (Phi) is 3.34. The van der Waals surface area contributed by atoms with Crippen LogP contribution in [0.4, 0.5) is 0 Å². The molecule has 0 saturated carbocycles. The van der Waals surface area contributed by atoms with E-state index in [1.165, 1.54) is 18.2 Å². The van der Waals surface area contributed by atoms with E-state index in [2.05, 4.69) is 4.18 Å². The van der Waals surface area contributed by atoms with Crippen LogP contribution < -0.4 is 4.18 Å². The van der Waals surface area contributed by atoms with Crippen LogP contribution in [0.2, 0.25) is 10.0 Å². The third-order valence-electron chi connectivity index (χ3n) is 1.05. The quantitative estimate of drug-likeness (QED) is 0.726. The summed E-state index contributed by atoms with van der Waals surface area (Å²) < 4.78 is 24.5. The Morgan fingerprint density at radius 1 is 1.42 bits per heavy atom. The summed E-state index contributed by atoms with van der Waals surface area (Å²) in [4.78, 5) is 0. The molecule has 0 spiro atoms. The molecule has 0 aromatic heterocycles. The van der Waals surface area contributed by atoms with Gasteiger partial charge in [-0.05, 0) is 18.2 Å². The molecule has 0 aliphatic rings. The smallest absolute Gasteiger partial charge is 0.157 e. The molecule has 1 aromatic carbocycles. The van der Waals surface area contributed by atoms with Gasteiger partial charge in [-0.25, -0.2) is 4.21 Å². The number of hydrogen-bond acceptors (Lipinski definition) is 3. The number of rotatable bonds is 2. The lowest BCUT2D eigenvalue weighted by molar-refractivity contribution is 0.440. The van der Waals surface area contributed by atoms with Gasteiger partial charge in [0.2, 0.25) is 0 Å². The molecule has 0 aliphatic carbocycles. The molecule has 0 bridgehead atoms. The second-order valence-electron chi connectivity index (χ2n) is 1.86. The van der Waals surface area contributed by atoms with Crippen molar-refractivity contribution in [3.05, 3.63) is 28.2 Å². The molecule has 0 radical (unpaired) electrons. The fourth-order valence-electron chi connectivity index (χ4n) is 0.616. The highest BCUT2D eigenvalue weighted by molar-refractivity contribution is 7.74. The summed E-state index contributed by atoms with van der Waals surface area (Å²) in [6.07, 6.45) is 0. The SMILES string of the molecule is O=S([O-])Oc1ccc(Cl)cc1Cl. The Bertz CT molecular complexity index is 316. The Hall–Kier alpha value is -0.290. The molecule has 0 amide bonds. The highest BCUT2D eigenvalue weighted by atomic mass is 35.5. The van der Waals surface area contributed by atoms with Gasteiger partial charge >= 0.3 is 0 Å². The summed E-state index contributed by atoms with van der Waals surface area (Å²) in [5.41, 5.74) is 0. The van der Waals surface area contributed by atoms with Crippen molar-refractivity contribution in [1.82, 2.24) is 0 Å². The maximum atomic E-state index is 10.1. The molecule has 0 aliphatic heterocycles. The highest BCUT2D eigenvalue weighted by Gasteiger charge is 2.01. The second kappa shape index (κ2) is 4.09. The van der Waals surface area contributed by atoms with E-state index in [-0.39, 0.29) is 10.8 Å². The molecule has 1 aromatic rings. The van der Waals surface area contributed by atoms with Crippen molar-refractivity contribution in [2.24, 2.45) is 0 Å². The lowest BCUT2D eigenvalue weighted by atomic mass is 10.3. The first-order valence-electron chi connectivity index (χ1n) is 2.82. The van der Waals surface area contributed by atoms with E-state index in [4.69, 9.17) is 23.2 Å². The summed E-state index contributed by atoms with van der Waals surface area (Å²) in [5, 5.41) is 0.579. The molecule has 0 N–H and O–H groups in total. The third kappa shape index (κ3) is 2.64. The standard InChI is InChI=1S/C6H4Cl2O3S/c7-4-1-2-6(5(8)3-4)11-12(9)10/h1-3H,(H,9,10)/p-1. The molecule has 0 fully saturated rings. The third-order valence-corrected chi connectivity index (χ3v) is 1.90. The Balaban J connectivity index is 2.93. The van der Waals surface area contributed by atoms with E-state index >= 15 is 0 Å². The van der Waals surface area contributed by atoms with Gasteiger partial charge in [0, 0.05) is 5.02 Å². The van der Waals surface area contributed by atoms with Crippen LogP contribution in [0.5, 0.6) is 5.75 Å². The van der Waals surface area contributed by atoms with Crippen LogP contribution in [0.1, 0.15) is 0 Å². The Morgan fingerprint density at radius 3 is 2.58 bits per heavy atom. The van der Waals surface area contributed by atoms with Gasteiger partial charge in [0.05, 0.1) is 5.02 Å². The first-order chi connectivity index (χ1) is 5.59. The summed E-state index contributed by atoms with van der Waals surface area (Å²) in [5.74, 6) is 0.0643. The van der Waals surface area contributed by atoms with Crippen molar-refractivity contribution in [2.45, 2.75) is 0 Å². The minimum atomic E-state index is -2.61. The Labute approximate surface area is 81.7 Å². The predicted octanol–water partition coefficient (Wildman–Crippen LogP) is 2.17. The van der Waals surface area contributed by atoms with Gasteiger partial charge < -0.3 is 8.74 Å². The molecular formula is C6H3Cl2O3S-. The predicted molar refractivity (Wildman–Crippen MR) is 46.0 cm³/mol. The van der Waals surface area contributed by atoms with Crippen LogP contribution in [0, 0.1) is 0 Å². The molecule has 6 heteroatoms. The maximum absolute atomic E-state index is 10.1. The zero-order valence-electron chi connectivity index (χ0n) is 5.62. The summed E-state index contributed by atoms with van der Waals surface area (Å²) >= 11 is 8.54. The van der Waals surface area contributed by atoms with E-state index in [1.807, 2.05) is 0 Å². The van der Waals surface area contributed by atoms with Gasteiger partial charge in [-0.1, -0.05) is 23.2 Å². The first-order valence-corrected chi connectivity index (χ1v) is 4.58. The number of hydrogen-bond donors (Lipinski definition) is 0. The molecule has 3 nitrogen and oxygen atoms in total.